The van der Waals surface area contributed by atoms with Gasteiger partial charge in [-0.1, -0.05) is 11.6 Å². The van der Waals surface area contributed by atoms with Crippen LogP contribution < -0.4 is 10.2 Å². The molecule has 0 bridgehead atoms. The molecule has 23 heavy (non-hydrogen) atoms. The Morgan fingerprint density at radius 1 is 1.52 bits per heavy atom. The van der Waals surface area contributed by atoms with Gasteiger partial charge in [-0.05, 0) is 40.5 Å². The number of nitrogens with one attached hydrogen (secondary N) is 1. The van der Waals surface area contributed by atoms with Crippen molar-refractivity contribution in [3.8, 4) is 0 Å². The van der Waals surface area contributed by atoms with Crippen molar-refractivity contribution >= 4 is 39.1 Å². The molecule has 8 heteroatoms. The predicted molar refractivity (Wildman–Crippen MR) is 89.9 cm³/mol. The summed E-state index contributed by atoms with van der Waals surface area (Å²) in [7, 11) is 1.85. The zero-order chi connectivity index (χ0) is 16.6. The van der Waals surface area contributed by atoms with E-state index < -0.39 is 5.82 Å². The number of halogens is 3. The van der Waals surface area contributed by atoms with E-state index >= 15 is 0 Å². The molecule has 1 aliphatic heterocycles. The number of hydrogen-bond acceptors (Lipinski definition) is 3. The van der Waals surface area contributed by atoms with Crippen molar-refractivity contribution in [1.29, 1.82) is 0 Å². The van der Waals surface area contributed by atoms with Crippen LogP contribution in [0, 0.1) is 5.82 Å². The molecular formula is C15H15BrClFN4O. The van der Waals surface area contributed by atoms with Gasteiger partial charge in [-0.3, -0.25) is 9.48 Å². The quantitative estimate of drug-likeness (QED) is 0.857. The lowest BCUT2D eigenvalue weighted by Crippen LogP contribution is -2.38. The van der Waals surface area contributed by atoms with Crippen LogP contribution in [0.1, 0.15) is 12.1 Å². The van der Waals surface area contributed by atoms with Crippen LogP contribution >= 0.6 is 27.5 Å². The molecule has 1 fully saturated rings. The van der Waals surface area contributed by atoms with Crippen LogP contribution in [0.25, 0.3) is 0 Å². The topological polar surface area (TPSA) is 50.2 Å². The molecule has 1 aromatic carbocycles. The Morgan fingerprint density at radius 3 is 2.96 bits per heavy atom. The second-order valence-electron chi connectivity index (χ2n) is 5.37. The average molecular weight is 402 g/mol. The number of hydrogen-bond donors (Lipinski definition) is 1. The molecule has 1 saturated heterocycles. The zero-order valence-corrected chi connectivity index (χ0v) is 14.7. The lowest BCUT2D eigenvalue weighted by Gasteiger charge is -2.17. The van der Waals surface area contributed by atoms with Crippen LogP contribution in [0.2, 0.25) is 5.02 Å². The van der Waals surface area contributed by atoms with Crippen molar-refractivity contribution in [2.75, 3.05) is 11.4 Å². The van der Waals surface area contributed by atoms with Crippen molar-refractivity contribution in [3.05, 3.63) is 45.4 Å². The summed E-state index contributed by atoms with van der Waals surface area (Å²) >= 11 is 9.12. The van der Waals surface area contributed by atoms with Gasteiger partial charge in [0.15, 0.2) is 0 Å². The number of anilines is 1. The van der Waals surface area contributed by atoms with Crippen LogP contribution in [-0.4, -0.2) is 28.3 Å². The fourth-order valence-corrected chi connectivity index (χ4v) is 3.24. The minimum Gasteiger partial charge on any atom is -0.311 e. The average Bonchev–Trinajstić information content (AvgIpc) is 3.04. The van der Waals surface area contributed by atoms with E-state index in [2.05, 4.69) is 26.3 Å². The Labute approximate surface area is 146 Å². The van der Waals surface area contributed by atoms with E-state index in [1.54, 1.807) is 21.8 Å². The van der Waals surface area contributed by atoms with E-state index in [-0.39, 0.29) is 17.0 Å². The fourth-order valence-electron chi connectivity index (χ4n) is 2.63. The standard InChI is InChI=1S/C15H15BrClFN4O/c1-21-14(10(16)7-20-21)8-19-13-4-5-22(15(13)23)9-2-3-11(17)12(18)6-9/h2-3,6-7,13,19H,4-5,8H2,1H3. The second-order valence-corrected chi connectivity index (χ2v) is 6.63. The Hall–Kier alpha value is -1.44. The normalized spacial score (nSPS) is 18.0. The number of amides is 1. The molecule has 1 unspecified atom stereocenters. The van der Waals surface area contributed by atoms with Gasteiger partial charge in [-0.25, -0.2) is 4.39 Å². The summed E-state index contributed by atoms with van der Waals surface area (Å²) in [5.41, 5.74) is 1.50. The summed E-state index contributed by atoms with van der Waals surface area (Å²) < 4.78 is 16.2. The second kappa shape index (κ2) is 6.59. The molecule has 2 aromatic rings. The first kappa shape index (κ1) is 16.4. The minimum absolute atomic E-state index is 0.0520. The number of benzene rings is 1. The highest BCUT2D eigenvalue weighted by molar-refractivity contribution is 9.10. The summed E-state index contributed by atoms with van der Waals surface area (Å²) in [6, 6.07) is 4.12. The van der Waals surface area contributed by atoms with Crippen LogP contribution in [0.15, 0.2) is 28.9 Å². The van der Waals surface area contributed by atoms with Crippen molar-refractivity contribution < 1.29 is 9.18 Å². The molecule has 122 valence electrons. The molecule has 0 spiro atoms. The first-order chi connectivity index (χ1) is 11.0. The SMILES string of the molecule is Cn1ncc(Br)c1CNC1CCN(c2ccc(Cl)c(F)c2)C1=O. The number of carbonyl (C=O) groups is 1. The molecule has 1 aliphatic rings. The predicted octanol–water partition coefficient (Wildman–Crippen LogP) is 2.87. The van der Waals surface area contributed by atoms with E-state index in [1.807, 2.05) is 7.05 Å². The molecule has 1 atom stereocenters. The maximum absolute atomic E-state index is 13.6. The lowest BCUT2D eigenvalue weighted by molar-refractivity contribution is -0.118. The molecule has 1 amide bonds. The monoisotopic (exact) mass is 400 g/mol. The van der Waals surface area contributed by atoms with Crippen molar-refractivity contribution in [2.45, 2.75) is 19.0 Å². The summed E-state index contributed by atoms with van der Waals surface area (Å²) in [5, 5.41) is 7.43. The van der Waals surface area contributed by atoms with Gasteiger partial charge >= 0.3 is 0 Å². The number of rotatable bonds is 4. The molecule has 1 aromatic heterocycles. The Kier molecular flexibility index (Phi) is 4.70. The number of aryl methyl sites for hydroxylation is 1. The molecule has 2 heterocycles. The van der Waals surface area contributed by atoms with Gasteiger partial charge in [0.2, 0.25) is 5.91 Å². The van der Waals surface area contributed by atoms with E-state index in [0.717, 1.165) is 10.2 Å². The Morgan fingerprint density at radius 2 is 2.30 bits per heavy atom. The summed E-state index contributed by atoms with van der Waals surface area (Å²) in [6.45, 7) is 1.07. The highest BCUT2D eigenvalue weighted by Crippen LogP contribution is 2.26. The van der Waals surface area contributed by atoms with Crippen LogP contribution in [-0.2, 0) is 18.4 Å². The van der Waals surface area contributed by atoms with Gasteiger partial charge in [-0.15, -0.1) is 0 Å². The van der Waals surface area contributed by atoms with Gasteiger partial charge in [-0.2, -0.15) is 5.10 Å². The van der Waals surface area contributed by atoms with Gasteiger partial charge in [0.25, 0.3) is 0 Å². The van der Waals surface area contributed by atoms with Crippen LogP contribution in [0.5, 0.6) is 0 Å². The third-order valence-corrected chi connectivity index (χ3v) is 4.92. The molecule has 0 saturated carbocycles. The maximum Gasteiger partial charge on any atom is 0.244 e. The van der Waals surface area contributed by atoms with E-state index in [0.29, 0.717) is 25.2 Å². The summed E-state index contributed by atoms with van der Waals surface area (Å²) in [5.74, 6) is -0.586. The van der Waals surface area contributed by atoms with Crippen molar-refractivity contribution in [3.63, 3.8) is 0 Å². The van der Waals surface area contributed by atoms with E-state index in [9.17, 15) is 9.18 Å². The zero-order valence-electron chi connectivity index (χ0n) is 12.4. The van der Waals surface area contributed by atoms with Crippen molar-refractivity contribution in [1.82, 2.24) is 15.1 Å². The van der Waals surface area contributed by atoms with Crippen molar-refractivity contribution in [2.24, 2.45) is 7.05 Å². The third-order valence-electron chi connectivity index (χ3n) is 3.95. The fraction of sp³-hybridized carbons (Fsp3) is 0.333. The molecule has 5 nitrogen and oxygen atoms in total. The van der Waals surface area contributed by atoms with Gasteiger partial charge < -0.3 is 10.2 Å². The third kappa shape index (κ3) is 3.27. The first-order valence-electron chi connectivity index (χ1n) is 7.13. The number of aromatic nitrogens is 2. The Balaban J connectivity index is 1.68. The van der Waals surface area contributed by atoms with Gasteiger partial charge in [0.1, 0.15) is 5.82 Å². The molecule has 1 N–H and O–H groups in total. The lowest BCUT2D eigenvalue weighted by atomic mass is 10.2. The summed E-state index contributed by atoms with van der Waals surface area (Å²) in [6.07, 6.45) is 2.38. The van der Waals surface area contributed by atoms with Crippen LogP contribution in [0.4, 0.5) is 10.1 Å². The highest BCUT2D eigenvalue weighted by atomic mass is 79.9. The maximum atomic E-state index is 13.6. The summed E-state index contributed by atoms with van der Waals surface area (Å²) in [4.78, 5) is 14.1. The van der Waals surface area contributed by atoms with E-state index in [4.69, 9.17) is 11.6 Å². The van der Waals surface area contributed by atoms with Gasteiger partial charge in [0, 0.05) is 25.8 Å². The smallest absolute Gasteiger partial charge is 0.244 e. The molecule has 0 radical (unpaired) electrons. The first-order valence-corrected chi connectivity index (χ1v) is 8.30. The van der Waals surface area contributed by atoms with Crippen LogP contribution in [0.3, 0.4) is 0 Å². The number of carbonyl (C=O) groups excluding carboxylic acids is 1. The minimum atomic E-state index is -0.521. The highest BCUT2D eigenvalue weighted by Gasteiger charge is 2.32. The largest absolute Gasteiger partial charge is 0.311 e. The molecule has 0 aliphatic carbocycles. The Bertz CT molecular complexity index is 732. The number of nitrogens with zero attached hydrogens (tertiary/aromatic N) is 3. The molecular weight excluding hydrogens is 387 g/mol. The van der Waals surface area contributed by atoms with E-state index in [1.165, 1.54) is 12.1 Å². The van der Waals surface area contributed by atoms with Gasteiger partial charge in [0.05, 0.1) is 27.4 Å². The molecule has 3 rings (SSSR count).